The Morgan fingerprint density at radius 3 is 2.75 bits per heavy atom. The van der Waals surface area contributed by atoms with Crippen LogP contribution in [0.3, 0.4) is 0 Å². The number of carbonyl (C=O) groups is 4. The molecule has 0 unspecified atom stereocenters. The molecule has 3 rings (SSSR count). The Balaban J connectivity index is 1.83. The first-order valence-electron chi connectivity index (χ1n) is 9.20. The number of ether oxygens (including phenoxy) is 1. The van der Waals surface area contributed by atoms with Crippen molar-refractivity contribution in [2.24, 2.45) is 0 Å². The second-order valence-corrected chi connectivity index (χ2v) is 6.94. The number of amides is 3. The molecule has 0 spiro atoms. The van der Waals surface area contributed by atoms with E-state index in [-0.39, 0.29) is 43.1 Å². The zero-order chi connectivity index (χ0) is 20.3. The minimum absolute atomic E-state index is 0.0397. The van der Waals surface area contributed by atoms with Crippen LogP contribution in [0.2, 0.25) is 0 Å². The highest BCUT2D eigenvalue weighted by Crippen LogP contribution is 2.31. The molecule has 1 saturated heterocycles. The van der Waals surface area contributed by atoms with Gasteiger partial charge in [0.1, 0.15) is 6.04 Å². The summed E-state index contributed by atoms with van der Waals surface area (Å²) < 4.78 is 4.68. The van der Waals surface area contributed by atoms with E-state index in [1.54, 1.807) is 34.1 Å². The molecule has 1 aromatic rings. The molecule has 9 nitrogen and oxygen atoms in total. The van der Waals surface area contributed by atoms with Gasteiger partial charge < -0.3 is 20.3 Å². The largest absolute Gasteiger partial charge is 0.469 e. The molecule has 0 bridgehead atoms. The Morgan fingerprint density at radius 2 is 2.00 bits per heavy atom. The number of nitrogens with one attached hydrogen (secondary N) is 2. The van der Waals surface area contributed by atoms with Crippen LogP contribution in [0.1, 0.15) is 19.8 Å². The van der Waals surface area contributed by atoms with Gasteiger partial charge in [-0.05, 0) is 19.1 Å². The molecule has 0 radical (unpaired) electrons. The Bertz CT molecular complexity index is 796. The number of piperazine rings is 1. The number of fused-ring (bicyclic) bond motifs is 1. The number of rotatable bonds is 4. The van der Waals surface area contributed by atoms with Crippen molar-refractivity contribution in [2.75, 3.05) is 37.0 Å². The van der Waals surface area contributed by atoms with Gasteiger partial charge >= 0.3 is 5.97 Å². The minimum Gasteiger partial charge on any atom is -0.469 e. The van der Waals surface area contributed by atoms with Crippen molar-refractivity contribution < 1.29 is 23.9 Å². The second-order valence-electron chi connectivity index (χ2n) is 6.94. The Hall–Kier alpha value is -2.94. The molecule has 2 heterocycles. The number of esters is 1. The van der Waals surface area contributed by atoms with E-state index < -0.39 is 12.0 Å². The van der Waals surface area contributed by atoms with E-state index in [0.717, 1.165) is 0 Å². The number of methoxy groups -OCH3 is 1. The van der Waals surface area contributed by atoms with Crippen molar-refractivity contribution in [2.45, 2.75) is 31.8 Å². The standard InChI is InChI=1S/C19H24N4O5/c1-12-9-16(24)21-13-5-3-4-6-14(13)23(12)17(25)11-22-8-7-20-19(27)15(22)10-18(26)28-2/h3-6,12,15H,7-11H2,1-2H3,(H,20,27)(H,21,24)/t12-,15+/m0/s1. The summed E-state index contributed by atoms with van der Waals surface area (Å²) in [6.07, 6.45) is 0.0499. The molecular weight excluding hydrogens is 364 g/mol. The first kappa shape index (κ1) is 19.8. The van der Waals surface area contributed by atoms with E-state index >= 15 is 0 Å². The monoisotopic (exact) mass is 388 g/mol. The predicted octanol–water partition coefficient (Wildman–Crippen LogP) is 0.114. The fraction of sp³-hybridized carbons (Fsp3) is 0.474. The highest BCUT2D eigenvalue weighted by atomic mass is 16.5. The van der Waals surface area contributed by atoms with E-state index in [9.17, 15) is 19.2 Å². The second kappa shape index (κ2) is 8.39. The average Bonchev–Trinajstić information content (AvgIpc) is 2.78. The third kappa shape index (κ3) is 4.14. The first-order valence-corrected chi connectivity index (χ1v) is 9.20. The van der Waals surface area contributed by atoms with Crippen LogP contribution in [0.15, 0.2) is 24.3 Å². The average molecular weight is 388 g/mol. The Morgan fingerprint density at radius 1 is 1.25 bits per heavy atom. The van der Waals surface area contributed by atoms with Gasteiger partial charge in [-0.3, -0.25) is 24.1 Å². The minimum atomic E-state index is -0.762. The van der Waals surface area contributed by atoms with Gasteiger partial charge in [-0.25, -0.2) is 0 Å². The van der Waals surface area contributed by atoms with E-state index in [1.807, 2.05) is 6.92 Å². The lowest BCUT2D eigenvalue weighted by atomic mass is 10.1. The third-order valence-electron chi connectivity index (χ3n) is 5.00. The number of para-hydroxylation sites is 2. The molecule has 3 amide bonds. The Labute approximate surface area is 163 Å². The summed E-state index contributed by atoms with van der Waals surface area (Å²) >= 11 is 0. The van der Waals surface area contributed by atoms with Crippen molar-refractivity contribution in [1.29, 1.82) is 0 Å². The molecule has 1 fully saturated rings. The lowest BCUT2D eigenvalue weighted by Crippen LogP contribution is -2.58. The molecule has 9 heteroatoms. The van der Waals surface area contributed by atoms with Crippen LogP contribution in [0.4, 0.5) is 11.4 Å². The topological polar surface area (TPSA) is 108 Å². The van der Waals surface area contributed by atoms with Gasteiger partial charge in [0, 0.05) is 25.6 Å². The molecule has 0 saturated carbocycles. The summed E-state index contributed by atoms with van der Waals surface area (Å²) in [6.45, 7) is 2.62. The van der Waals surface area contributed by atoms with Gasteiger partial charge in [0.25, 0.3) is 0 Å². The lowest BCUT2D eigenvalue weighted by molar-refractivity contribution is -0.146. The van der Waals surface area contributed by atoms with E-state index in [0.29, 0.717) is 24.5 Å². The van der Waals surface area contributed by atoms with Crippen molar-refractivity contribution in [3.63, 3.8) is 0 Å². The zero-order valence-corrected chi connectivity index (χ0v) is 15.9. The summed E-state index contributed by atoms with van der Waals surface area (Å²) in [7, 11) is 1.26. The number of nitrogens with zero attached hydrogens (tertiary/aromatic N) is 2. The van der Waals surface area contributed by atoms with Crippen LogP contribution >= 0.6 is 0 Å². The molecule has 150 valence electrons. The van der Waals surface area contributed by atoms with Gasteiger partial charge in [0.05, 0.1) is 31.5 Å². The molecule has 2 atom stereocenters. The zero-order valence-electron chi connectivity index (χ0n) is 15.9. The molecule has 2 N–H and O–H groups in total. The lowest BCUT2D eigenvalue weighted by Gasteiger charge is -2.36. The smallest absolute Gasteiger partial charge is 0.307 e. The molecule has 0 aromatic heterocycles. The number of carbonyl (C=O) groups excluding carboxylic acids is 4. The maximum Gasteiger partial charge on any atom is 0.307 e. The van der Waals surface area contributed by atoms with Crippen molar-refractivity contribution in [1.82, 2.24) is 10.2 Å². The van der Waals surface area contributed by atoms with Gasteiger partial charge in [-0.15, -0.1) is 0 Å². The summed E-state index contributed by atoms with van der Waals surface area (Å²) in [5, 5.41) is 5.54. The number of hydrogen-bond acceptors (Lipinski definition) is 6. The molecule has 2 aliphatic rings. The molecule has 0 aliphatic carbocycles. The van der Waals surface area contributed by atoms with Crippen LogP contribution in [-0.2, 0) is 23.9 Å². The van der Waals surface area contributed by atoms with Crippen LogP contribution < -0.4 is 15.5 Å². The summed E-state index contributed by atoms with van der Waals surface area (Å²) in [5.41, 5.74) is 1.20. The summed E-state index contributed by atoms with van der Waals surface area (Å²) in [5.74, 6) is -1.20. The fourth-order valence-electron chi connectivity index (χ4n) is 3.63. The van der Waals surface area contributed by atoms with Gasteiger partial charge in [0.15, 0.2) is 0 Å². The maximum atomic E-state index is 13.2. The van der Waals surface area contributed by atoms with Crippen molar-refractivity contribution in [3.05, 3.63) is 24.3 Å². The maximum absolute atomic E-state index is 13.2. The fourth-order valence-corrected chi connectivity index (χ4v) is 3.63. The van der Waals surface area contributed by atoms with Gasteiger partial charge in [0.2, 0.25) is 17.7 Å². The number of anilines is 2. The third-order valence-corrected chi connectivity index (χ3v) is 5.00. The molecular formula is C19H24N4O5. The normalized spacial score (nSPS) is 22.6. The SMILES string of the molecule is COC(=O)C[C@@H]1C(=O)NCCN1CC(=O)N1c2ccccc2NC(=O)C[C@@H]1C. The van der Waals surface area contributed by atoms with E-state index in [1.165, 1.54) is 7.11 Å². The quantitative estimate of drug-likeness (QED) is 0.709. The molecule has 28 heavy (non-hydrogen) atoms. The summed E-state index contributed by atoms with van der Waals surface area (Å²) in [4.78, 5) is 52.5. The van der Waals surface area contributed by atoms with Crippen molar-refractivity contribution in [3.8, 4) is 0 Å². The molecule has 1 aromatic carbocycles. The van der Waals surface area contributed by atoms with E-state index in [2.05, 4.69) is 15.4 Å². The van der Waals surface area contributed by atoms with Crippen molar-refractivity contribution >= 4 is 35.1 Å². The highest BCUT2D eigenvalue weighted by molar-refractivity contribution is 6.05. The van der Waals surface area contributed by atoms with Gasteiger partial charge in [-0.2, -0.15) is 0 Å². The number of hydrogen-bond donors (Lipinski definition) is 2. The van der Waals surface area contributed by atoms with Crippen LogP contribution in [0.25, 0.3) is 0 Å². The number of benzene rings is 1. The summed E-state index contributed by atoms with van der Waals surface area (Å²) in [6, 6.07) is 6.03. The van der Waals surface area contributed by atoms with E-state index in [4.69, 9.17) is 0 Å². The van der Waals surface area contributed by atoms with Crippen LogP contribution in [0.5, 0.6) is 0 Å². The van der Waals surface area contributed by atoms with Crippen LogP contribution in [0, 0.1) is 0 Å². The van der Waals surface area contributed by atoms with Gasteiger partial charge in [-0.1, -0.05) is 12.1 Å². The predicted molar refractivity (Wildman–Crippen MR) is 102 cm³/mol. The van der Waals surface area contributed by atoms with Crippen LogP contribution in [-0.4, -0.2) is 67.4 Å². The molecule has 2 aliphatic heterocycles. The first-order chi connectivity index (χ1) is 13.4. The highest BCUT2D eigenvalue weighted by Gasteiger charge is 2.36. The Kier molecular flexibility index (Phi) is 5.93.